The third-order valence-corrected chi connectivity index (χ3v) is 2.31. The summed E-state index contributed by atoms with van der Waals surface area (Å²) in [6.07, 6.45) is 0. The average molecular weight is 225 g/mol. The van der Waals surface area contributed by atoms with Gasteiger partial charge in [0.05, 0.1) is 5.02 Å². The molecule has 0 amide bonds. The zero-order chi connectivity index (χ0) is 11.0. The predicted molar refractivity (Wildman–Crippen MR) is 51.7 cm³/mol. The van der Waals surface area contributed by atoms with Crippen molar-refractivity contribution in [2.75, 3.05) is 0 Å². The van der Waals surface area contributed by atoms with Gasteiger partial charge in [0.25, 0.3) is 0 Å². The molecule has 0 aromatic heterocycles. The van der Waals surface area contributed by atoms with Crippen molar-refractivity contribution in [3.63, 3.8) is 0 Å². The summed E-state index contributed by atoms with van der Waals surface area (Å²) < 4.78 is 0. The minimum atomic E-state index is -1.45. The molecular formula is C9H5ClN2O3. The van der Waals surface area contributed by atoms with Crippen LogP contribution in [0.3, 0.4) is 0 Å². The largest absolute Gasteiger partial charge is 0.479 e. The highest BCUT2D eigenvalue weighted by Crippen LogP contribution is 2.33. The monoisotopic (exact) mass is 224 g/mol. The number of ketones is 1. The van der Waals surface area contributed by atoms with Crippen molar-refractivity contribution in [1.82, 2.24) is 0 Å². The number of carbonyl (C=O) groups is 2. The van der Waals surface area contributed by atoms with Gasteiger partial charge in [0, 0.05) is 5.56 Å². The summed E-state index contributed by atoms with van der Waals surface area (Å²) in [6, 6.07) is 3.17. The van der Waals surface area contributed by atoms with Crippen LogP contribution in [0.15, 0.2) is 28.4 Å². The van der Waals surface area contributed by atoms with Crippen molar-refractivity contribution in [1.29, 1.82) is 0 Å². The molecule has 0 fully saturated rings. The second kappa shape index (κ2) is 3.43. The third kappa shape index (κ3) is 1.50. The molecule has 15 heavy (non-hydrogen) atoms. The van der Waals surface area contributed by atoms with Crippen molar-refractivity contribution in [2.24, 2.45) is 10.2 Å². The van der Waals surface area contributed by atoms with Crippen molar-refractivity contribution >= 4 is 29.0 Å². The maximum absolute atomic E-state index is 11.6. The van der Waals surface area contributed by atoms with Crippen LogP contribution in [0, 0.1) is 0 Å². The van der Waals surface area contributed by atoms with Gasteiger partial charge in [-0.2, -0.15) is 10.2 Å². The number of carbonyl (C=O) groups excluding carboxylic acids is 1. The van der Waals surface area contributed by atoms with E-state index in [2.05, 4.69) is 10.2 Å². The van der Waals surface area contributed by atoms with Gasteiger partial charge in [-0.05, 0) is 12.1 Å². The van der Waals surface area contributed by atoms with Crippen LogP contribution in [0.25, 0.3) is 0 Å². The van der Waals surface area contributed by atoms with Crippen LogP contribution in [-0.2, 0) is 4.79 Å². The van der Waals surface area contributed by atoms with Crippen LogP contribution in [0.1, 0.15) is 10.4 Å². The summed E-state index contributed by atoms with van der Waals surface area (Å²) in [4.78, 5) is 22.3. The quantitative estimate of drug-likeness (QED) is 0.742. The maximum atomic E-state index is 11.6. The lowest BCUT2D eigenvalue weighted by Gasteiger charge is -2.13. The molecule has 76 valence electrons. The molecule has 0 radical (unpaired) electrons. The lowest BCUT2D eigenvalue weighted by atomic mass is 10.0. The van der Waals surface area contributed by atoms with Gasteiger partial charge in [-0.1, -0.05) is 17.7 Å². The predicted octanol–water partition coefficient (Wildman–Crippen LogP) is 2.07. The molecule has 0 aliphatic carbocycles. The van der Waals surface area contributed by atoms with Gasteiger partial charge in [-0.25, -0.2) is 4.79 Å². The third-order valence-electron chi connectivity index (χ3n) is 2.01. The number of aliphatic carboxylic acids is 1. The Balaban J connectivity index is 2.56. The summed E-state index contributed by atoms with van der Waals surface area (Å²) in [5.41, 5.74) is 0.437. The van der Waals surface area contributed by atoms with Crippen molar-refractivity contribution in [3.8, 4) is 0 Å². The molecule has 5 nitrogen and oxygen atoms in total. The van der Waals surface area contributed by atoms with E-state index >= 15 is 0 Å². The number of Topliss-reactive ketones (excluding diaryl/α,β-unsaturated/α-hetero) is 1. The van der Waals surface area contributed by atoms with E-state index in [0.717, 1.165) is 0 Å². The molecular weight excluding hydrogens is 220 g/mol. The van der Waals surface area contributed by atoms with Gasteiger partial charge in [0.1, 0.15) is 5.69 Å². The highest BCUT2D eigenvalue weighted by Gasteiger charge is 2.32. The Kier molecular flexibility index (Phi) is 2.24. The van der Waals surface area contributed by atoms with Gasteiger partial charge in [0.15, 0.2) is 0 Å². The molecule has 2 rings (SSSR count). The first kappa shape index (κ1) is 9.79. The summed E-state index contributed by atoms with van der Waals surface area (Å²) in [5, 5.41) is 16.0. The number of rotatable bonds is 1. The molecule has 0 saturated carbocycles. The molecule has 1 N–H and O–H groups in total. The summed E-state index contributed by atoms with van der Waals surface area (Å²) in [5.74, 6) is -1.90. The lowest BCUT2D eigenvalue weighted by Crippen LogP contribution is -2.29. The molecule has 1 atom stereocenters. The maximum Gasteiger partial charge on any atom is 0.338 e. The molecule has 1 aliphatic heterocycles. The highest BCUT2D eigenvalue weighted by molar-refractivity contribution is 6.34. The average Bonchev–Trinajstić information content (AvgIpc) is 2.19. The Bertz CT molecular complexity index is 484. The summed E-state index contributed by atoms with van der Waals surface area (Å²) in [6.45, 7) is 0. The standard InChI is InChI=1S/C9H5ClN2O3/c10-5-3-1-2-4-6(5)11-12-7(8(4)13)9(14)15/h1-3,7H,(H,14,15). The van der Waals surface area contributed by atoms with E-state index in [9.17, 15) is 9.59 Å². The number of azo groups is 1. The van der Waals surface area contributed by atoms with Gasteiger partial charge >= 0.3 is 5.97 Å². The molecule has 1 aromatic carbocycles. The van der Waals surface area contributed by atoms with Gasteiger partial charge < -0.3 is 5.11 Å². The zero-order valence-electron chi connectivity index (χ0n) is 7.35. The number of halogens is 1. The molecule has 0 saturated heterocycles. The van der Waals surface area contributed by atoms with E-state index in [4.69, 9.17) is 16.7 Å². The number of hydrogen-bond donors (Lipinski definition) is 1. The zero-order valence-corrected chi connectivity index (χ0v) is 8.10. The number of carboxylic acid groups (broad SMARTS) is 1. The lowest BCUT2D eigenvalue weighted by molar-refractivity contribution is -0.137. The molecule has 6 heteroatoms. The highest BCUT2D eigenvalue weighted by atomic mass is 35.5. The molecule has 1 aliphatic rings. The Morgan fingerprint density at radius 3 is 2.87 bits per heavy atom. The molecule has 0 spiro atoms. The van der Waals surface area contributed by atoms with E-state index in [1.165, 1.54) is 6.07 Å². The van der Waals surface area contributed by atoms with Crippen molar-refractivity contribution in [2.45, 2.75) is 6.04 Å². The van der Waals surface area contributed by atoms with E-state index in [1.807, 2.05) is 0 Å². The number of nitrogens with zero attached hydrogens (tertiary/aromatic N) is 2. The van der Waals surface area contributed by atoms with Crippen LogP contribution in [-0.4, -0.2) is 22.9 Å². The second-order valence-electron chi connectivity index (χ2n) is 2.96. The normalized spacial score (nSPS) is 18.7. The summed E-state index contributed by atoms with van der Waals surface area (Å²) >= 11 is 5.78. The Morgan fingerprint density at radius 1 is 1.47 bits per heavy atom. The number of carboxylic acids is 1. The minimum absolute atomic E-state index is 0.199. The van der Waals surface area contributed by atoms with Crippen molar-refractivity contribution in [3.05, 3.63) is 28.8 Å². The van der Waals surface area contributed by atoms with E-state index in [0.29, 0.717) is 0 Å². The van der Waals surface area contributed by atoms with Crippen LogP contribution >= 0.6 is 11.6 Å². The number of benzene rings is 1. The van der Waals surface area contributed by atoms with E-state index in [-0.39, 0.29) is 16.3 Å². The Hall–Kier alpha value is -1.75. The van der Waals surface area contributed by atoms with Crippen LogP contribution < -0.4 is 0 Å². The SMILES string of the molecule is O=C(O)C1N=Nc2c(Cl)cccc2C1=O. The number of fused-ring (bicyclic) bond motifs is 1. The molecule has 0 bridgehead atoms. The fourth-order valence-corrected chi connectivity index (χ4v) is 1.50. The molecule has 1 aromatic rings. The van der Waals surface area contributed by atoms with Gasteiger partial charge in [-0.3, -0.25) is 4.79 Å². The first-order chi connectivity index (χ1) is 7.11. The fourth-order valence-electron chi connectivity index (χ4n) is 1.29. The van der Waals surface area contributed by atoms with Crippen LogP contribution in [0.4, 0.5) is 5.69 Å². The smallest absolute Gasteiger partial charge is 0.338 e. The van der Waals surface area contributed by atoms with Gasteiger partial charge in [-0.15, -0.1) is 0 Å². The van der Waals surface area contributed by atoms with Crippen LogP contribution in [0.2, 0.25) is 5.02 Å². The Morgan fingerprint density at radius 2 is 2.20 bits per heavy atom. The van der Waals surface area contributed by atoms with Crippen molar-refractivity contribution < 1.29 is 14.7 Å². The second-order valence-corrected chi connectivity index (χ2v) is 3.36. The van der Waals surface area contributed by atoms with Gasteiger partial charge in [0.2, 0.25) is 11.8 Å². The molecule has 1 heterocycles. The number of hydrogen-bond acceptors (Lipinski definition) is 4. The van der Waals surface area contributed by atoms with E-state index in [1.54, 1.807) is 12.1 Å². The summed E-state index contributed by atoms with van der Waals surface area (Å²) in [7, 11) is 0. The van der Waals surface area contributed by atoms with Crippen LogP contribution in [0.5, 0.6) is 0 Å². The topological polar surface area (TPSA) is 79.1 Å². The fraction of sp³-hybridized carbons (Fsp3) is 0.111. The Labute approximate surface area is 89.4 Å². The molecule has 1 unspecified atom stereocenters. The first-order valence-corrected chi connectivity index (χ1v) is 4.45. The first-order valence-electron chi connectivity index (χ1n) is 4.07. The van der Waals surface area contributed by atoms with E-state index < -0.39 is 17.8 Å². The minimum Gasteiger partial charge on any atom is -0.479 e.